The molecule has 0 aromatic rings. The number of hydrogen-bond donors (Lipinski definition) is 1. The molecule has 0 bridgehead atoms. The lowest BCUT2D eigenvalue weighted by Crippen LogP contribution is -2.36. The minimum atomic E-state index is -3.95. The van der Waals surface area contributed by atoms with Crippen molar-refractivity contribution in [1.29, 1.82) is 0 Å². The van der Waals surface area contributed by atoms with Gasteiger partial charge in [0.2, 0.25) is 0 Å². The van der Waals surface area contributed by atoms with E-state index in [0.717, 1.165) is 38.5 Å². The Bertz CT molecular complexity index is 918. The second kappa shape index (κ2) is 34.4. The maximum atomic E-state index is 11.6. The summed E-state index contributed by atoms with van der Waals surface area (Å²) in [6.45, 7) is 6.43. The van der Waals surface area contributed by atoms with Gasteiger partial charge in [0.15, 0.2) is 5.79 Å². The number of likely N-dealkylation sites (N-methyl/N-ethyl adjacent to an activating group) is 1. The van der Waals surface area contributed by atoms with Crippen molar-refractivity contribution in [2.24, 2.45) is 0 Å². The zero-order valence-electron chi connectivity index (χ0n) is 34.3. The Morgan fingerprint density at radius 3 is 1.54 bits per heavy atom. The summed E-state index contributed by atoms with van der Waals surface area (Å²) < 4.78 is 34.3. The molecule has 1 aliphatic heterocycles. The second-order valence-electron chi connectivity index (χ2n) is 14.9. The number of ether oxygens (including phenoxy) is 2. The highest BCUT2D eigenvalue weighted by atomic mass is 31.2. The van der Waals surface area contributed by atoms with E-state index >= 15 is 0 Å². The third-order valence-electron chi connectivity index (χ3n) is 9.90. The third kappa shape index (κ3) is 29.3. The van der Waals surface area contributed by atoms with Crippen LogP contribution in [0.3, 0.4) is 0 Å². The van der Waals surface area contributed by atoms with Crippen molar-refractivity contribution < 1.29 is 28.0 Å². The number of nitrogens with zero attached hydrogens (tertiary/aromatic N) is 1. The first kappa shape index (κ1) is 49.0. The van der Waals surface area contributed by atoms with Crippen LogP contribution < -0.4 is 0 Å². The van der Waals surface area contributed by atoms with Gasteiger partial charge < -0.3 is 19.3 Å². The van der Waals surface area contributed by atoms with Gasteiger partial charge in [-0.3, -0.25) is 9.05 Å². The van der Waals surface area contributed by atoms with Gasteiger partial charge in [-0.15, -0.1) is 0 Å². The molecule has 1 N–H and O–H groups in total. The monoisotopic (exact) mass is 752 g/mol. The first-order valence-corrected chi connectivity index (χ1v) is 23.0. The molecule has 52 heavy (non-hydrogen) atoms. The number of rotatable bonds is 37. The summed E-state index contributed by atoms with van der Waals surface area (Å²) in [5.41, 5.74) is 0. The average molecular weight is 752 g/mol. The molecular formula is C44H82NO6P. The molecule has 1 aliphatic rings. The maximum absolute atomic E-state index is 11.6. The fraction of sp³-hybridized carbons (Fsp3) is 0.818. The standard InChI is InChI=1S/C44H82NO6P/c1-5-7-9-11-13-15-17-19-21-23-25-27-29-31-33-35-37-44(49-42-43(51-44)41-45(3)39-40-50-52(46,47)48-4)38-36-34-32-30-28-26-24-22-20-18-16-14-12-10-8-6-2/h13-16,19-22,43H,5-12,17-18,23-42H2,1-4H3,(H,46,47)/b15-13-,16-14-,21-19-,22-20-/t43-/m0/s1. The SMILES string of the molecule is CCCCC/C=C\C/C=C\CCCCCCCCC1(CCCCCCCC/C=C\C/C=C\CCCCC)OC[C@H](CN(C)CCOP(=O)(O)OC)O1. The normalized spacial score (nSPS) is 17.6. The Balaban J connectivity index is 2.34. The summed E-state index contributed by atoms with van der Waals surface area (Å²) >= 11 is 0. The lowest BCUT2D eigenvalue weighted by molar-refractivity contribution is -0.180. The largest absolute Gasteiger partial charge is 0.471 e. The van der Waals surface area contributed by atoms with Crippen LogP contribution in [0.1, 0.15) is 181 Å². The Morgan fingerprint density at radius 1 is 0.673 bits per heavy atom. The lowest BCUT2D eigenvalue weighted by Gasteiger charge is -2.29. The number of allylic oxidation sites excluding steroid dienone is 8. The molecule has 1 fully saturated rings. The molecule has 1 heterocycles. The maximum Gasteiger partial charge on any atom is 0.471 e. The molecule has 8 heteroatoms. The smallest absolute Gasteiger partial charge is 0.347 e. The number of unbranched alkanes of at least 4 members (excludes halogenated alkanes) is 18. The van der Waals surface area contributed by atoms with Gasteiger partial charge in [0, 0.05) is 33.0 Å². The zero-order valence-corrected chi connectivity index (χ0v) is 35.2. The van der Waals surface area contributed by atoms with Gasteiger partial charge in [-0.1, -0.05) is 140 Å². The van der Waals surface area contributed by atoms with Gasteiger partial charge >= 0.3 is 7.82 Å². The summed E-state index contributed by atoms with van der Waals surface area (Å²) in [4.78, 5) is 11.6. The minimum absolute atomic E-state index is 0.0115. The Morgan fingerprint density at radius 2 is 1.10 bits per heavy atom. The predicted octanol–water partition coefficient (Wildman–Crippen LogP) is 13.2. The minimum Gasteiger partial charge on any atom is -0.347 e. The van der Waals surface area contributed by atoms with Crippen molar-refractivity contribution in [3.63, 3.8) is 0 Å². The predicted molar refractivity (Wildman–Crippen MR) is 222 cm³/mol. The van der Waals surface area contributed by atoms with E-state index < -0.39 is 13.6 Å². The molecule has 0 spiro atoms. The van der Waals surface area contributed by atoms with E-state index in [1.54, 1.807) is 0 Å². The topological polar surface area (TPSA) is 77.5 Å². The van der Waals surface area contributed by atoms with Gasteiger partial charge in [-0.05, 0) is 84.1 Å². The van der Waals surface area contributed by atoms with Crippen LogP contribution in [-0.2, 0) is 23.1 Å². The fourth-order valence-corrected chi connectivity index (χ4v) is 7.08. The fourth-order valence-electron chi connectivity index (χ4n) is 6.66. The van der Waals surface area contributed by atoms with E-state index in [0.29, 0.717) is 19.7 Å². The van der Waals surface area contributed by atoms with E-state index in [2.05, 4.69) is 71.9 Å². The van der Waals surface area contributed by atoms with Crippen LogP contribution >= 0.6 is 7.82 Å². The summed E-state index contributed by atoms with van der Waals surface area (Å²) in [6, 6.07) is 0. The molecule has 0 saturated carbocycles. The van der Waals surface area contributed by atoms with Crippen LogP contribution in [0.5, 0.6) is 0 Å². The van der Waals surface area contributed by atoms with Crippen molar-refractivity contribution in [1.82, 2.24) is 4.90 Å². The highest BCUT2D eigenvalue weighted by Crippen LogP contribution is 2.41. The van der Waals surface area contributed by atoms with E-state index in [9.17, 15) is 9.46 Å². The first-order valence-electron chi connectivity index (χ1n) is 21.5. The lowest BCUT2D eigenvalue weighted by atomic mass is 9.98. The van der Waals surface area contributed by atoms with Crippen molar-refractivity contribution >= 4 is 7.82 Å². The first-order chi connectivity index (χ1) is 25.4. The van der Waals surface area contributed by atoms with Gasteiger partial charge in [-0.25, -0.2) is 4.57 Å². The molecule has 0 aromatic carbocycles. The molecule has 7 nitrogen and oxygen atoms in total. The molecule has 0 radical (unpaired) electrons. The van der Waals surface area contributed by atoms with Crippen molar-refractivity contribution in [2.75, 3.05) is 40.5 Å². The van der Waals surface area contributed by atoms with Gasteiger partial charge in [0.25, 0.3) is 0 Å². The Hall–Kier alpha value is -1.05. The van der Waals surface area contributed by atoms with E-state index in [1.807, 2.05) is 7.05 Å². The summed E-state index contributed by atoms with van der Waals surface area (Å²) in [6.07, 6.45) is 50.4. The summed E-state index contributed by atoms with van der Waals surface area (Å²) in [7, 11) is -0.795. The molecule has 2 atom stereocenters. The van der Waals surface area contributed by atoms with Crippen molar-refractivity contribution in [3.05, 3.63) is 48.6 Å². The van der Waals surface area contributed by atoms with Crippen LogP contribution in [0.4, 0.5) is 0 Å². The van der Waals surface area contributed by atoms with Gasteiger partial charge in [0.05, 0.1) is 19.3 Å². The highest BCUT2D eigenvalue weighted by Gasteiger charge is 2.40. The summed E-state index contributed by atoms with van der Waals surface area (Å²) in [5, 5.41) is 0. The van der Waals surface area contributed by atoms with E-state index in [-0.39, 0.29) is 12.7 Å². The van der Waals surface area contributed by atoms with Crippen LogP contribution in [0, 0.1) is 0 Å². The second-order valence-corrected chi connectivity index (χ2v) is 16.4. The number of hydrogen-bond acceptors (Lipinski definition) is 6. The quantitative estimate of drug-likeness (QED) is 0.0385. The Labute approximate surface area is 321 Å². The van der Waals surface area contributed by atoms with Gasteiger partial charge in [-0.2, -0.15) is 0 Å². The summed E-state index contributed by atoms with van der Waals surface area (Å²) in [5.74, 6) is -0.483. The number of phosphoric acid groups is 1. The van der Waals surface area contributed by atoms with Crippen LogP contribution in [-0.4, -0.2) is 62.1 Å². The van der Waals surface area contributed by atoms with Gasteiger partial charge in [0.1, 0.15) is 0 Å². The van der Waals surface area contributed by atoms with Crippen molar-refractivity contribution in [3.8, 4) is 0 Å². The number of phosphoric ester groups is 1. The molecule has 0 amide bonds. The molecule has 1 unspecified atom stereocenters. The molecule has 0 aromatic heterocycles. The van der Waals surface area contributed by atoms with Crippen LogP contribution in [0.25, 0.3) is 0 Å². The molecule has 1 rings (SSSR count). The van der Waals surface area contributed by atoms with E-state index in [4.69, 9.17) is 14.0 Å². The molecule has 0 aliphatic carbocycles. The average Bonchev–Trinajstić information content (AvgIpc) is 3.53. The van der Waals surface area contributed by atoms with Crippen molar-refractivity contribution in [2.45, 2.75) is 193 Å². The van der Waals surface area contributed by atoms with Crippen LogP contribution in [0.2, 0.25) is 0 Å². The Kier molecular flexibility index (Phi) is 32.4. The van der Waals surface area contributed by atoms with E-state index in [1.165, 1.54) is 136 Å². The molecule has 1 saturated heterocycles. The third-order valence-corrected chi connectivity index (χ3v) is 10.9. The van der Waals surface area contributed by atoms with Crippen LogP contribution in [0.15, 0.2) is 48.6 Å². The zero-order chi connectivity index (χ0) is 37.9. The molecular weight excluding hydrogens is 669 g/mol. The highest BCUT2D eigenvalue weighted by molar-refractivity contribution is 7.47. The molecule has 304 valence electrons.